The van der Waals surface area contributed by atoms with Crippen LogP contribution < -0.4 is 10.6 Å². The SMILES string of the molecule is CCNC(=O)Nc1sc2ccccc2c1C(=O)N1CCC(S(=O)(=O)c2cccc(SC)c2)CC1. The molecule has 0 spiro atoms. The molecule has 0 saturated carbocycles. The third-order valence-corrected chi connectivity index (χ3v) is 9.98. The molecule has 3 amide bonds. The van der Waals surface area contributed by atoms with E-state index in [1.165, 1.54) is 23.1 Å². The number of anilines is 1. The van der Waals surface area contributed by atoms with Gasteiger partial charge in [0, 0.05) is 34.6 Å². The van der Waals surface area contributed by atoms with Crippen LogP contribution in [-0.2, 0) is 9.84 Å². The molecule has 0 atom stereocenters. The molecule has 2 aromatic carbocycles. The van der Waals surface area contributed by atoms with Crippen molar-refractivity contribution >= 4 is 60.0 Å². The topological polar surface area (TPSA) is 95.6 Å². The first-order valence-corrected chi connectivity index (χ1v) is 14.7. The van der Waals surface area contributed by atoms with Gasteiger partial charge in [0.25, 0.3) is 5.91 Å². The highest BCUT2D eigenvalue weighted by molar-refractivity contribution is 7.98. The molecule has 3 aromatic rings. The number of hydrogen-bond donors (Lipinski definition) is 2. The van der Waals surface area contributed by atoms with Crippen LogP contribution in [0.1, 0.15) is 30.1 Å². The Morgan fingerprint density at radius 3 is 2.56 bits per heavy atom. The van der Waals surface area contributed by atoms with E-state index in [1.807, 2.05) is 43.5 Å². The van der Waals surface area contributed by atoms with Gasteiger partial charge in [-0.1, -0.05) is 24.3 Å². The minimum atomic E-state index is -3.48. The largest absolute Gasteiger partial charge is 0.338 e. The van der Waals surface area contributed by atoms with Crippen LogP contribution in [0, 0.1) is 0 Å². The highest BCUT2D eigenvalue weighted by atomic mass is 32.2. The molecule has 0 bridgehead atoms. The van der Waals surface area contributed by atoms with Crippen LogP contribution in [0.4, 0.5) is 9.80 Å². The number of rotatable bonds is 6. The number of nitrogens with one attached hydrogen (secondary N) is 2. The predicted molar refractivity (Wildman–Crippen MR) is 139 cm³/mol. The summed E-state index contributed by atoms with van der Waals surface area (Å²) in [6, 6.07) is 14.2. The molecule has 2 heterocycles. The van der Waals surface area contributed by atoms with Crippen molar-refractivity contribution in [3.8, 4) is 0 Å². The molecule has 10 heteroatoms. The number of piperidine rings is 1. The van der Waals surface area contributed by atoms with E-state index in [-0.39, 0.29) is 11.9 Å². The summed E-state index contributed by atoms with van der Waals surface area (Å²) in [7, 11) is -3.48. The van der Waals surface area contributed by atoms with Gasteiger partial charge in [-0.3, -0.25) is 10.1 Å². The van der Waals surface area contributed by atoms with E-state index in [4.69, 9.17) is 0 Å². The van der Waals surface area contributed by atoms with Crippen LogP contribution in [0.25, 0.3) is 10.1 Å². The Kier molecular flexibility index (Phi) is 7.49. The molecule has 1 aromatic heterocycles. The molecule has 1 saturated heterocycles. The lowest BCUT2D eigenvalue weighted by atomic mass is 10.1. The summed E-state index contributed by atoms with van der Waals surface area (Å²) in [5, 5.41) is 6.26. The fourth-order valence-corrected chi connectivity index (χ4v) is 7.55. The first-order chi connectivity index (χ1) is 16.3. The Morgan fingerprint density at radius 2 is 1.85 bits per heavy atom. The van der Waals surface area contributed by atoms with Crippen LogP contribution in [-0.4, -0.2) is 56.4 Å². The van der Waals surface area contributed by atoms with Gasteiger partial charge in [0.2, 0.25) is 0 Å². The molecule has 7 nitrogen and oxygen atoms in total. The number of urea groups is 1. The molecule has 1 fully saturated rings. The summed E-state index contributed by atoms with van der Waals surface area (Å²) in [5.74, 6) is -0.190. The molecule has 1 aliphatic heterocycles. The van der Waals surface area contributed by atoms with Gasteiger partial charge >= 0.3 is 6.03 Å². The average molecular weight is 518 g/mol. The molecule has 34 heavy (non-hydrogen) atoms. The number of thiophene rings is 1. The number of carbonyl (C=O) groups is 2. The zero-order valence-corrected chi connectivity index (χ0v) is 21.5. The molecule has 1 aliphatic rings. The monoisotopic (exact) mass is 517 g/mol. The molecule has 4 rings (SSSR count). The van der Waals surface area contributed by atoms with Crippen molar-refractivity contribution in [2.75, 3.05) is 31.2 Å². The van der Waals surface area contributed by atoms with Gasteiger partial charge < -0.3 is 10.2 Å². The third kappa shape index (κ3) is 4.94. The van der Waals surface area contributed by atoms with Crippen LogP contribution in [0.3, 0.4) is 0 Å². The summed E-state index contributed by atoms with van der Waals surface area (Å²) >= 11 is 2.87. The first-order valence-electron chi connectivity index (χ1n) is 11.1. The lowest BCUT2D eigenvalue weighted by Crippen LogP contribution is -2.42. The Bertz CT molecular complexity index is 1310. The molecule has 0 radical (unpaired) electrons. The Morgan fingerprint density at radius 1 is 1.12 bits per heavy atom. The van der Waals surface area contributed by atoms with Gasteiger partial charge in [0.15, 0.2) is 9.84 Å². The first kappa shape index (κ1) is 24.6. The van der Waals surface area contributed by atoms with E-state index in [0.29, 0.717) is 47.9 Å². The van der Waals surface area contributed by atoms with Gasteiger partial charge in [0.1, 0.15) is 5.00 Å². The van der Waals surface area contributed by atoms with Crippen molar-refractivity contribution in [3.05, 3.63) is 54.1 Å². The van der Waals surface area contributed by atoms with Crippen LogP contribution in [0.5, 0.6) is 0 Å². The molecular formula is C24H27N3O4S3. The lowest BCUT2D eigenvalue weighted by Gasteiger charge is -2.32. The Hall–Kier alpha value is -2.56. The van der Waals surface area contributed by atoms with Crippen LogP contribution in [0.15, 0.2) is 58.3 Å². The lowest BCUT2D eigenvalue weighted by molar-refractivity contribution is 0.0729. The standard InChI is InChI=1S/C24H27N3O4S3/c1-3-25-24(29)26-22-21(19-9-4-5-10-20(19)33-22)23(28)27-13-11-17(12-14-27)34(30,31)18-8-6-7-16(15-18)32-2/h4-10,15,17H,3,11-14H2,1-2H3,(H2,25,26,29). The van der Waals surface area contributed by atoms with E-state index in [9.17, 15) is 18.0 Å². The van der Waals surface area contributed by atoms with Crippen molar-refractivity contribution in [1.29, 1.82) is 0 Å². The number of fused-ring (bicyclic) bond motifs is 1. The smallest absolute Gasteiger partial charge is 0.319 e. The number of hydrogen-bond acceptors (Lipinski definition) is 6. The van der Waals surface area contributed by atoms with Crippen molar-refractivity contribution in [2.24, 2.45) is 0 Å². The Balaban J connectivity index is 1.54. The van der Waals surface area contributed by atoms with Crippen molar-refractivity contribution in [2.45, 2.75) is 34.8 Å². The van der Waals surface area contributed by atoms with E-state index in [0.717, 1.165) is 15.0 Å². The van der Waals surface area contributed by atoms with Gasteiger partial charge in [-0.2, -0.15) is 0 Å². The minimum Gasteiger partial charge on any atom is -0.338 e. The number of likely N-dealkylation sites (tertiary alicyclic amines) is 1. The summed E-state index contributed by atoms with van der Waals surface area (Å²) in [6.45, 7) is 2.99. The number of amides is 3. The summed E-state index contributed by atoms with van der Waals surface area (Å²) in [5.41, 5.74) is 0.459. The molecule has 0 unspecified atom stereocenters. The van der Waals surface area contributed by atoms with Crippen LogP contribution >= 0.6 is 23.1 Å². The van der Waals surface area contributed by atoms with Gasteiger partial charge in [-0.15, -0.1) is 23.1 Å². The number of carbonyl (C=O) groups excluding carboxylic acids is 2. The Labute approximate surface area is 207 Å². The second-order valence-corrected chi connectivity index (χ2v) is 12.2. The van der Waals surface area contributed by atoms with E-state index >= 15 is 0 Å². The quantitative estimate of drug-likeness (QED) is 0.456. The summed E-state index contributed by atoms with van der Waals surface area (Å²) < 4.78 is 27.3. The van der Waals surface area contributed by atoms with Gasteiger partial charge in [-0.25, -0.2) is 13.2 Å². The van der Waals surface area contributed by atoms with Gasteiger partial charge in [-0.05, 0) is 50.3 Å². The number of thioether (sulfide) groups is 1. The third-order valence-electron chi connectivity index (χ3n) is 5.91. The molecular weight excluding hydrogens is 490 g/mol. The van der Waals surface area contributed by atoms with E-state index in [2.05, 4.69) is 10.6 Å². The fourth-order valence-electron chi connectivity index (χ4n) is 4.15. The average Bonchev–Trinajstić information content (AvgIpc) is 3.21. The van der Waals surface area contributed by atoms with Crippen molar-refractivity contribution < 1.29 is 18.0 Å². The predicted octanol–water partition coefficient (Wildman–Crippen LogP) is 4.84. The minimum absolute atomic E-state index is 0.190. The highest BCUT2D eigenvalue weighted by Crippen LogP contribution is 2.37. The van der Waals surface area contributed by atoms with Crippen LogP contribution in [0.2, 0.25) is 0 Å². The number of nitrogens with zero attached hydrogens (tertiary/aromatic N) is 1. The van der Waals surface area contributed by atoms with Gasteiger partial charge in [0.05, 0.1) is 15.7 Å². The van der Waals surface area contributed by atoms with E-state index in [1.54, 1.807) is 23.1 Å². The fraction of sp³-hybridized carbons (Fsp3) is 0.333. The molecule has 2 N–H and O–H groups in total. The van der Waals surface area contributed by atoms with Crippen molar-refractivity contribution in [3.63, 3.8) is 0 Å². The second-order valence-electron chi connectivity index (χ2n) is 8.00. The zero-order chi connectivity index (χ0) is 24.3. The van der Waals surface area contributed by atoms with E-state index < -0.39 is 15.1 Å². The normalized spacial score (nSPS) is 14.8. The number of benzene rings is 2. The molecule has 180 valence electrons. The maximum Gasteiger partial charge on any atom is 0.319 e. The summed E-state index contributed by atoms with van der Waals surface area (Å²) in [6.07, 6.45) is 2.66. The zero-order valence-electron chi connectivity index (χ0n) is 19.0. The maximum atomic E-state index is 13.6. The second kappa shape index (κ2) is 10.4. The number of sulfone groups is 1. The highest BCUT2D eigenvalue weighted by Gasteiger charge is 2.34. The summed E-state index contributed by atoms with van der Waals surface area (Å²) in [4.78, 5) is 28.7. The maximum absolute atomic E-state index is 13.6. The van der Waals surface area contributed by atoms with Crippen molar-refractivity contribution in [1.82, 2.24) is 10.2 Å². The molecule has 0 aliphatic carbocycles.